The number of carbonyl (C=O) groups is 1. The smallest absolute Gasteiger partial charge is 0.344 e. The van der Waals surface area contributed by atoms with Crippen molar-refractivity contribution >= 4 is 33.9 Å². The molecule has 5 aromatic rings. The Morgan fingerprint density at radius 1 is 0.698 bits per heavy atom. The topological polar surface area (TPSA) is 65.8 Å². The summed E-state index contributed by atoms with van der Waals surface area (Å²) in [5, 5.41) is 3.59. The molecule has 43 heavy (non-hydrogen) atoms. The van der Waals surface area contributed by atoms with E-state index in [9.17, 15) is 31.5 Å². The van der Waals surface area contributed by atoms with Crippen LogP contribution in [0.25, 0.3) is 22.1 Å². The molecule has 0 aliphatic carbocycles. The molecule has 0 spiro atoms. The first kappa shape index (κ1) is 28.0. The van der Waals surface area contributed by atoms with Crippen molar-refractivity contribution in [1.82, 2.24) is 0 Å². The van der Waals surface area contributed by atoms with E-state index in [1.54, 1.807) is 66.7 Å². The Hall–Kier alpha value is -5.19. The lowest BCUT2D eigenvalue weighted by atomic mass is 10.0. The van der Waals surface area contributed by atoms with Gasteiger partial charge in [0.05, 0.1) is 5.56 Å². The molecule has 0 atom stereocenters. The minimum absolute atomic E-state index is 0.0357. The molecule has 1 aliphatic rings. The third-order valence-electron chi connectivity index (χ3n) is 7.37. The molecule has 6 rings (SSSR count). The summed E-state index contributed by atoms with van der Waals surface area (Å²) >= 11 is 0. The van der Waals surface area contributed by atoms with Crippen LogP contribution in [0.1, 0.15) is 10.4 Å². The number of carbonyl (C=O) groups excluding carboxylic acids is 1. The summed E-state index contributed by atoms with van der Waals surface area (Å²) in [6, 6.07) is 22.4. The highest BCUT2D eigenvalue weighted by Crippen LogP contribution is 2.32. The fourth-order valence-corrected chi connectivity index (χ4v) is 5.08. The summed E-state index contributed by atoms with van der Waals surface area (Å²) in [6.45, 7) is 0.613. The van der Waals surface area contributed by atoms with Gasteiger partial charge in [-0.2, -0.15) is 0 Å². The van der Waals surface area contributed by atoms with Crippen LogP contribution in [0.15, 0.2) is 88.1 Å². The maximum Gasteiger partial charge on any atom is 0.344 e. The van der Waals surface area contributed by atoms with E-state index in [0.717, 1.165) is 16.0 Å². The zero-order valence-corrected chi connectivity index (χ0v) is 22.3. The van der Waals surface area contributed by atoms with Crippen molar-refractivity contribution in [2.45, 2.75) is 0 Å². The highest BCUT2D eigenvalue weighted by atomic mass is 19.2. The predicted octanol–water partition coefficient (Wildman–Crippen LogP) is 6.73. The van der Waals surface area contributed by atoms with E-state index < -0.39 is 40.4 Å². The molecule has 2 heterocycles. The Kier molecular flexibility index (Phi) is 7.31. The number of amides is 1. The highest BCUT2D eigenvalue weighted by Gasteiger charge is 2.30. The number of anilines is 3. The Labute approximate surface area is 241 Å². The van der Waals surface area contributed by atoms with E-state index in [4.69, 9.17) is 4.42 Å². The van der Waals surface area contributed by atoms with E-state index in [2.05, 4.69) is 5.32 Å². The van der Waals surface area contributed by atoms with Crippen LogP contribution in [0.5, 0.6) is 0 Å². The Morgan fingerprint density at radius 2 is 1.28 bits per heavy atom. The van der Waals surface area contributed by atoms with Crippen LogP contribution in [0.3, 0.4) is 0 Å². The second kappa shape index (κ2) is 11.2. The number of benzene rings is 4. The normalized spacial score (nSPS) is 13.4. The van der Waals surface area contributed by atoms with E-state index in [-0.39, 0.29) is 32.1 Å². The zero-order chi connectivity index (χ0) is 30.2. The van der Waals surface area contributed by atoms with Gasteiger partial charge in [0.25, 0.3) is 5.91 Å². The fraction of sp³-hybridized carbons (Fsp3) is 0.125. The van der Waals surface area contributed by atoms with E-state index >= 15 is 0 Å². The van der Waals surface area contributed by atoms with Gasteiger partial charge in [-0.3, -0.25) is 4.79 Å². The standard InChI is InChI=1S/C32H22F5N3O3/c33-25-26(34)28(36)30(29(37)27(25)35)40-15-13-39(14-16-40)22-11-9-21(10-12-22)38-31(41)19-7-5-18(6-8-19)23-17-20-3-1-2-4-24(20)43-32(23)42/h1-12,17H,13-16H2,(H,38,41). The molecule has 1 fully saturated rings. The minimum Gasteiger partial charge on any atom is -0.422 e. The van der Waals surface area contributed by atoms with Crippen molar-refractivity contribution in [1.29, 1.82) is 0 Å². The van der Waals surface area contributed by atoms with Gasteiger partial charge in [-0.1, -0.05) is 30.3 Å². The van der Waals surface area contributed by atoms with E-state index in [0.29, 0.717) is 28.0 Å². The maximum absolute atomic E-state index is 14.2. The van der Waals surface area contributed by atoms with Gasteiger partial charge in [-0.15, -0.1) is 0 Å². The molecule has 1 aromatic heterocycles. The summed E-state index contributed by atoms with van der Waals surface area (Å²) in [5.74, 6) is -10.2. The van der Waals surface area contributed by atoms with Gasteiger partial charge >= 0.3 is 5.63 Å². The monoisotopic (exact) mass is 591 g/mol. The van der Waals surface area contributed by atoms with Gasteiger partial charge < -0.3 is 19.5 Å². The fourth-order valence-electron chi connectivity index (χ4n) is 5.08. The minimum atomic E-state index is -2.18. The van der Waals surface area contributed by atoms with Gasteiger partial charge in [-0.05, 0) is 54.1 Å². The summed E-state index contributed by atoms with van der Waals surface area (Å²) in [5.41, 5.74) is 1.74. The lowest BCUT2D eigenvalue weighted by Crippen LogP contribution is -2.47. The van der Waals surface area contributed by atoms with Gasteiger partial charge in [0.2, 0.25) is 5.82 Å². The Morgan fingerprint density at radius 3 is 1.93 bits per heavy atom. The number of rotatable bonds is 5. The van der Waals surface area contributed by atoms with Crippen LogP contribution < -0.4 is 20.7 Å². The third-order valence-corrected chi connectivity index (χ3v) is 7.37. The van der Waals surface area contributed by atoms with Crippen molar-refractivity contribution in [2.75, 3.05) is 41.3 Å². The average molecular weight is 592 g/mol. The number of nitrogens with zero attached hydrogens (tertiary/aromatic N) is 2. The van der Waals surface area contributed by atoms with Gasteiger partial charge in [-0.25, -0.2) is 26.7 Å². The largest absolute Gasteiger partial charge is 0.422 e. The second-order valence-electron chi connectivity index (χ2n) is 9.96. The lowest BCUT2D eigenvalue weighted by molar-refractivity contribution is 0.102. The van der Waals surface area contributed by atoms with E-state index in [1.165, 1.54) is 0 Å². The molecule has 218 valence electrons. The molecular formula is C32H22F5N3O3. The summed E-state index contributed by atoms with van der Waals surface area (Å²) in [4.78, 5) is 28.3. The Bertz CT molecular complexity index is 1870. The number of hydrogen-bond acceptors (Lipinski definition) is 5. The van der Waals surface area contributed by atoms with Crippen molar-refractivity contribution < 1.29 is 31.2 Å². The van der Waals surface area contributed by atoms with Gasteiger partial charge in [0, 0.05) is 48.5 Å². The van der Waals surface area contributed by atoms with Crippen molar-refractivity contribution in [3.63, 3.8) is 0 Å². The first-order valence-corrected chi connectivity index (χ1v) is 13.3. The number of piperazine rings is 1. The molecule has 11 heteroatoms. The number of para-hydroxylation sites is 1. The quantitative estimate of drug-likeness (QED) is 0.106. The van der Waals surface area contributed by atoms with Crippen LogP contribution in [-0.4, -0.2) is 32.1 Å². The first-order chi connectivity index (χ1) is 20.7. The molecule has 0 radical (unpaired) electrons. The predicted molar refractivity (Wildman–Crippen MR) is 153 cm³/mol. The first-order valence-electron chi connectivity index (χ1n) is 13.3. The van der Waals surface area contributed by atoms with Crippen LogP contribution in [0.4, 0.5) is 39.0 Å². The van der Waals surface area contributed by atoms with Crippen molar-refractivity contribution in [2.24, 2.45) is 0 Å². The SMILES string of the molecule is O=C(Nc1ccc(N2CCN(c3c(F)c(F)c(F)c(F)c3F)CC2)cc1)c1ccc(-c2cc3ccccc3oc2=O)cc1. The molecule has 0 bridgehead atoms. The number of hydrogen-bond donors (Lipinski definition) is 1. The molecule has 1 saturated heterocycles. The number of halogens is 5. The highest BCUT2D eigenvalue weighted by molar-refractivity contribution is 6.04. The lowest BCUT2D eigenvalue weighted by Gasteiger charge is -2.37. The van der Waals surface area contributed by atoms with E-state index in [1.807, 2.05) is 17.0 Å². The van der Waals surface area contributed by atoms with Crippen LogP contribution in [0.2, 0.25) is 0 Å². The summed E-state index contributed by atoms with van der Waals surface area (Å²) in [7, 11) is 0. The maximum atomic E-state index is 14.2. The summed E-state index contributed by atoms with van der Waals surface area (Å²) in [6.07, 6.45) is 0. The number of nitrogens with one attached hydrogen (secondary N) is 1. The van der Waals surface area contributed by atoms with Gasteiger partial charge in [0.15, 0.2) is 23.3 Å². The van der Waals surface area contributed by atoms with Crippen LogP contribution in [0, 0.1) is 29.1 Å². The van der Waals surface area contributed by atoms with Crippen molar-refractivity contribution in [3.8, 4) is 11.1 Å². The molecule has 1 aliphatic heterocycles. The molecule has 4 aromatic carbocycles. The molecule has 0 unspecified atom stereocenters. The van der Waals surface area contributed by atoms with Crippen LogP contribution in [-0.2, 0) is 0 Å². The molecule has 1 N–H and O–H groups in total. The van der Waals surface area contributed by atoms with Gasteiger partial charge in [0.1, 0.15) is 11.3 Å². The van der Waals surface area contributed by atoms with Crippen LogP contribution >= 0.6 is 0 Å². The van der Waals surface area contributed by atoms with Crippen molar-refractivity contribution in [3.05, 3.63) is 124 Å². The molecule has 0 saturated carbocycles. The second-order valence-corrected chi connectivity index (χ2v) is 9.96. The third kappa shape index (κ3) is 5.29. The average Bonchev–Trinajstić information content (AvgIpc) is 3.03. The molecule has 1 amide bonds. The molecular weight excluding hydrogens is 569 g/mol. The summed E-state index contributed by atoms with van der Waals surface area (Å²) < 4.78 is 74.5. The molecule has 6 nitrogen and oxygen atoms in total. The zero-order valence-electron chi connectivity index (χ0n) is 22.3. The number of fused-ring (bicyclic) bond motifs is 1. The Balaban J connectivity index is 1.09.